The van der Waals surface area contributed by atoms with E-state index in [4.69, 9.17) is 15.5 Å². The van der Waals surface area contributed by atoms with Gasteiger partial charge in [-0.3, -0.25) is 4.68 Å². The third kappa shape index (κ3) is 2.25. The molecular weight excluding hydrogens is 292 g/mol. The molecule has 1 spiro atoms. The predicted octanol–water partition coefficient (Wildman–Crippen LogP) is 1.73. The van der Waals surface area contributed by atoms with Crippen LogP contribution in [0.25, 0.3) is 11.0 Å². The third-order valence-corrected chi connectivity index (χ3v) is 5.61. The van der Waals surface area contributed by atoms with Crippen molar-refractivity contribution in [2.24, 2.45) is 12.5 Å². The Bertz CT molecular complexity index is 729. The summed E-state index contributed by atoms with van der Waals surface area (Å²) in [5, 5.41) is 5.05. The molecule has 1 aliphatic heterocycles. The molecule has 2 atom stereocenters. The van der Waals surface area contributed by atoms with Crippen LogP contribution in [0.4, 0.5) is 11.8 Å². The summed E-state index contributed by atoms with van der Waals surface area (Å²) < 4.78 is 7.54. The molecule has 2 aliphatic rings. The fourth-order valence-electron chi connectivity index (χ4n) is 4.45. The molecule has 0 bridgehead atoms. The van der Waals surface area contributed by atoms with Crippen LogP contribution in [0.15, 0.2) is 6.20 Å². The summed E-state index contributed by atoms with van der Waals surface area (Å²) in [4.78, 5) is 11.5. The summed E-state index contributed by atoms with van der Waals surface area (Å²) in [5.74, 6) is 1.23. The highest BCUT2D eigenvalue weighted by Gasteiger charge is 2.46. The van der Waals surface area contributed by atoms with Gasteiger partial charge in [0.15, 0.2) is 5.65 Å². The number of nitrogen functional groups attached to an aromatic ring is 1. The number of aryl methyl sites for hydroxylation is 1. The molecule has 124 valence electrons. The maximum absolute atomic E-state index is 6.12. The van der Waals surface area contributed by atoms with Gasteiger partial charge < -0.3 is 15.4 Å². The molecule has 3 heterocycles. The molecular formula is C16H24N6O. The molecule has 0 aromatic carbocycles. The number of aromatic nitrogens is 4. The summed E-state index contributed by atoms with van der Waals surface area (Å²) in [7, 11) is 3.72. The van der Waals surface area contributed by atoms with Crippen LogP contribution >= 0.6 is 0 Å². The maximum atomic E-state index is 6.12. The minimum atomic E-state index is 0.243. The summed E-state index contributed by atoms with van der Waals surface area (Å²) in [6, 6.07) is 0. The van der Waals surface area contributed by atoms with Gasteiger partial charge in [-0.05, 0) is 25.7 Å². The van der Waals surface area contributed by atoms with Gasteiger partial charge in [-0.15, -0.1) is 0 Å². The molecule has 2 aromatic heterocycles. The second kappa shape index (κ2) is 5.33. The topological polar surface area (TPSA) is 82.1 Å². The van der Waals surface area contributed by atoms with E-state index < -0.39 is 0 Å². The second-order valence-electron chi connectivity index (χ2n) is 6.92. The van der Waals surface area contributed by atoms with Gasteiger partial charge in [0, 0.05) is 32.7 Å². The standard InChI is InChI=1S/C16H24N6O/c1-21-14-11(9-18-21)13(17)19-15(20-14)22-8-4-7-16(10-22)6-3-5-12(16)23-2/h9,12H,3-8,10H2,1-2H3,(H2,17,19,20)/t12-,16-/m1/s1. The van der Waals surface area contributed by atoms with Crippen LogP contribution in [0.2, 0.25) is 0 Å². The van der Waals surface area contributed by atoms with Crippen molar-refractivity contribution in [3.8, 4) is 0 Å². The molecule has 0 unspecified atom stereocenters. The molecule has 1 saturated heterocycles. The molecule has 0 amide bonds. The average molecular weight is 316 g/mol. The van der Waals surface area contributed by atoms with Gasteiger partial charge in [-0.25, -0.2) is 0 Å². The van der Waals surface area contributed by atoms with Crippen LogP contribution in [-0.2, 0) is 11.8 Å². The van der Waals surface area contributed by atoms with Crippen LogP contribution in [-0.4, -0.2) is 46.1 Å². The lowest BCUT2D eigenvalue weighted by atomic mass is 9.76. The minimum absolute atomic E-state index is 0.243. The van der Waals surface area contributed by atoms with Crippen molar-refractivity contribution in [3.63, 3.8) is 0 Å². The number of nitrogens with two attached hydrogens (primary N) is 1. The van der Waals surface area contributed by atoms with Gasteiger partial charge >= 0.3 is 0 Å². The Morgan fingerprint density at radius 2 is 2.13 bits per heavy atom. The first kappa shape index (κ1) is 14.7. The van der Waals surface area contributed by atoms with Crippen LogP contribution in [0, 0.1) is 5.41 Å². The quantitative estimate of drug-likeness (QED) is 0.908. The lowest BCUT2D eigenvalue weighted by Crippen LogP contribution is -2.48. The Kier molecular flexibility index (Phi) is 3.41. The molecule has 0 radical (unpaired) electrons. The Balaban J connectivity index is 1.69. The highest BCUT2D eigenvalue weighted by atomic mass is 16.5. The Labute approximate surface area is 135 Å². The van der Waals surface area contributed by atoms with Crippen LogP contribution in [0.3, 0.4) is 0 Å². The lowest BCUT2D eigenvalue weighted by molar-refractivity contribution is 0.00205. The first-order chi connectivity index (χ1) is 11.1. The lowest BCUT2D eigenvalue weighted by Gasteiger charge is -2.43. The van der Waals surface area contributed by atoms with E-state index in [1.807, 2.05) is 14.2 Å². The van der Waals surface area contributed by atoms with Crippen molar-refractivity contribution in [3.05, 3.63) is 6.20 Å². The molecule has 2 N–H and O–H groups in total. The van der Waals surface area contributed by atoms with Crippen molar-refractivity contribution in [1.29, 1.82) is 0 Å². The Hall–Kier alpha value is -1.89. The highest BCUT2D eigenvalue weighted by Crippen LogP contribution is 2.46. The number of nitrogens with zero attached hydrogens (tertiary/aromatic N) is 5. The molecule has 7 nitrogen and oxygen atoms in total. The molecule has 4 rings (SSSR count). The normalized spacial score (nSPS) is 28.1. The number of methoxy groups -OCH3 is 1. The predicted molar refractivity (Wildman–Crippen MR) is 89.2 cm³/mol. The molecule has 2 aromatic rings. The van der Waals surface area contributed by atoms with Crippen molar-refractivity contribution in [2.75, 3.05) is 30.8 Å². The van der Waals surface area contributed by atoms with Crippen molar-refractivity contribution >= 4 is 22.8 Å². The van der Waals surface area contributed by atoms with Crippen LogP contribution in [0.5, 0.6) is 0 Å². The van der Waals surface area contributed by atoms with Gasteiger partial charge in [0.2, 0.25) is 5.95 Å². The SMILES string of the molecule is CO[C@@H]1CCC[C@]12CCCN(c1nc(N)c3cnn(C)c3n1)C2. The first-order valence-corrected chi connectivity index (χ1v) is 8.36. The fourth-order valence-corrected chi connectivity index (χ4v) is 4.45. The smallest absolute Gasteiger partial charge is 0.229 e. The minimum Gasteiger partial charge on any atom is -0.383 e. The monoisotopic (exact) mass is 316 g/mol. The van der Waals surface area contributed by atoms with Gasteiger partial charge in [-0.2, -0.15) is 15.1 Å². The molecule has 7 heteroatoms. The second-order valence-corrected chi connectivity index (χ2v) is 6.92. The zero-order valence-corrected chi connectivity index (χ0v) is 13.8. The molecule has 2 fully saturated rings. The number of rotatable bonds is 2. The van der Waals surface area contributed by atoms with E-state index in [2.05, 4.69) is 15.0 Å². The third-order valence-electron chi connectivity index (χ3n) is 5.61. The van der Waals surface area contributed by atoms with E-state index in [1.165, 1.54) is 19.3 Å². The number of ether oxygens (including phenoxy) is 1. The highest BCUT2D eigenvalue weighted by molar-refractivity contribution is 5.86. The largest absolute Gasteiger partial charge is 0.383 e. The van der Waals surface area contributed by atoms with E-state index in [9.17, 15) is 0 Å². The Morgan fingerprint density at radius 3 is 2.96 bits per heavy atom. The number of anilines is 2. The van der Waals surface area contributed by atoms with Gasteiger partial charge in [0.1, 0.15) is 5.82 Å². The summed E-state index contributed by atoms with van der Waals surface area (Å²) >= 11 is 0. The fraction of sp³-hybridized carbons (Fsp3) is 0.688. The van der Waals surface area contributed by atoms with Crippen molar-refractivity contribution < 1.29 is 4.74 Å². The zero-order valence-electron chi connectivity index (χ0n) is 13.8. The van der Waals surface area contributed by atoms with Gasteiger partial charge in [0.05, 0.1) is 17.7 Å². The number of fused-ring (bicyclic) bond motifs is 1. The summed E-state index contributed by atoms with van der Waals surface area (Å²) in [6.45, 7) is 1.93. The average Bonchev–Trinajstić information content (AvgIpc) is 3.12. The molecule has 1 saturated carbocycles. The number of hydrogen-bond donors (Lipinski definition) is 1. The van der Waals surface area contributed by atoms with Crippen molar-refractivity contribution in [2.45, 2.75) is 38.2 Å². The van der Waals surface area contributed by atoms with E-state index in [-0.39, 0.29) is 5.41 Å². The van der Waals surface area contributed by atoms with Crippen LogP contribution in [0.1, 0.15) is 32.1 Å². The zero-order chi connectivity index (χ0) is 16.0. The van der Waals surface area contributed by atoms with Crippen molar-refractivity contribution in [1.82, 2.24) is 19.7 Å². The summed E-state index contributed by atoms with van der Waals surface area (Å²) in [6.07, 6.45) is 8.08. The summed E-state index contributed by atoms with van der Waals surface area (Å²) in [5.41, 5.74) is 7.16. The maximum Gasteiger partial charge on any atom is 0.229 e. The first-order valence-electron chi connectivity index (χ1n) is 8.36. The number of piperidine rings is 1. The van der Waals surface area contributed by atoms with E-state index >= 15 is 0 Å². The van der Waals surface area contributed by atoms with Gasteiger partial charge in [-0.1, -0.05) is 6.42 Å². The van der Waals surface area contributed by atoms with Gasteiger partial charge in [0.25, 0.3) is 0 Å². The van der Waals surface area contributed by atoms with E-state index in [1.54, 1.807) is 10.9 Å². The number of hydrogen-bond acceptors (Lipinski definition) is 6. The Morgan fingerprint density at radius 1 is 1.30 bits per heavy atom. The molecule has 1 aliphatic carbocycles. The molecule has 23 heavy (non-hydrogen) atoms. The van der Waals surface area contributed by atoms with E-state index in [0.29, 0.717) is 11.9 Å². The van der Waals surface area contributed by atoms with Crippen LogP contribution < -0.4 is 10.6 Å². The van der Waals surface area contributed by atoms with E-state index in [0.717, 1.165) is 42.9 Å².